The number of aryl methyl sites for hydroxylation is 3. The van der Waals surface area contributed by atoms with Gasteiger partial charge in [-0.3, -0.25) is 4.79 Å². The first kappa shape index (κ1) is 18.8. The van der Waals surface area contributed by atoms with E-state index < -0.39 is 9.84 Å². The van der Waals surface area contributed by atoms with Gasteiger partial charge < -0.3 is 10.3 Å². The molecule has 6 nitrogen and oxygen atoms in total. The van der Waals surface area contributed by atoms with Gasteiger partial charge in [-0.05, 0) is 62.7 Å². The lowest BCUT2D eigenvalue weighted by molar-refractivity contribution is 0.102. The molecule has 0 aliphatic rings. The molecule has 27 heavy (non-hydrogen) atoms. The number of H-pyrrole nitrogens is 1. The second-order valence-corrected chi connectivity index (χ2v) is 8.59. The van der Waals surface area contributed by atoms with E-state index in [0.29, 0.717) is 16.8 Å². The molecule has 0 fully saturated rings. The van der Waals surface area contributed by atoms with E-state index in [-0.39, 0.29) is 10.8 Å². The standard InChI is InChI=1S/C20H21N3O3S/c1-12-5-10-17(27(4,25)26)11-18(12)20(24)23-16-8-6-15(7-9-16)19-21-13(2)14(3)22-19/h5-11H,1-4H3,(H,21,22)(H,23,24). The maximum atomic E-state index is 12.6. The highest BCUT2D eigenvalue weighted by atomic mass is 32.2. The minimum atomic E-state index is -3.38. The highest BCUT2D eigenvalue weighted by Crippen LogP contribution is 2.21. The minimum Gasteiger partial charge on any atom is -0.342 e. The molecule has 140 valence electrons. The largest absolute Gasteiger partial charge is 0.342 e. The maximum Gasteiger partial charge on any atom is 0.255 e. The van der Waals surface area contributed by atoms with Crippen molar-refractivity contribution in [1.29, 1.82) is 0 Å². The van der Waals surface area contributed by atoms with Crippen LogP contribution in [0.4, 0.5) is 5.69 Å². The summed E-state index contributed by atoms with van der Waals surface area (Å²) in [5, 5.41) is 2.81. The van der Waals surface area contributed by atoms with Crippen molar-refractivity contribution in [2.45, 2.75) is 25.7 Å². The molecule has 0 radical (unpaired) electrons. The van der Waals surface area contributed by atoms with E-state index in [4.69, 9.17) is 0 Å². The number of rotatable bonds is 4. The molecular formula is C20H21N3O3S. The fourth-order valence-electron chi connectivity index (χ4n) is 2.67. The number of nitrogens with one attached hydrogen (secondary N) is 2. The highest BCUT2D eigenvalue weighted by Gasteiger charge is 2.15. The molecule has 0 atom stereocenters. The predicted molar refractivity (Wildman–Crippen MR) is 106 cm³/mol. The molecule has 0 unspecified atom stereocenters. The topological polar surface area (TPSA) is 91.9 Å². The van der Waals surface area contributed by atoms with Gasteiger partial charge in [-0.15, -0.1) is 0 Å². The normalized spacial score (nSPS) is 11.4. The molecule has 1 heterocycles. The fourth-order valence-corrected chi connectivity index (χ4v) is 3.32. The van der Waals surface area contributed by atoms with Crippen LogP contribution >= 0.6 is 0 Å². The van der Waals surface area contributed by atoms with Crippen molar-refractivity contribution in [3.8, 4) is 11.4 Å². The summed E-state index contributed by atoms with van der Waals surface area (Å²) in [6.45, 7) is 5.68. The van der Waals surface area contributed by atoms with Gasteiger partial charge in [-0.2, -0.15) is 0 Å². The average Bonchev–Trinajstić information content (AvgIpc) is 2.94. The third kappa shape index (κ3) is 4.09. The van der Waals surface area contributed by atoms with Gasteiger partial charge in [-0.25, -0.2) is 13.4 Å². The summed E-state index contributed by atoms with van der Waals surface area (Å²) in [7, 11) is -3.38. The number of aromatic nitrogens is 2. The summed E-state index contributed by atoms with van der Waals surface area (Å²) in [4.78, 5) is 20.4. The van der Waals surface area contributed by atoms with Crippen molar-refractivity contribution in [2.24, 2.45) is 0 Å². The first-order valence-electron chi connectivity index (χ1n) is 8.41. The summed E-state index contributed by atoms with van der Waals surface area (Å²) in [5.74, 6) is 0.426. The van der Waals surface area contributed by atoms with Crippen LogP contribution in [0.2, 0.25) is 0 Å². The zero-order valence-electron chi connectivity index (χ0n) is 15.6. The Hall–Kier alpha value is -2.93. The Labute approximate surface area is 158 Å². The number of anilines is 1. The summed E-state index contributed by atoms with van der Waals surface area (Å²) in [5.41, 5.74) is 4.54. The van der Waals surface area contributed by atoms with Crippen LogP contribution in [-0.4, -0.2) is 30.5 Å². The first-order valence-corrected chi connectivity index (χ1v) is 10.3. The number of imidazole rings is 1. The third-order valence-corrected chi connectivity index (χ3v) is 5.54. The molecule has 0 aliphatic heterocycles. The first-order chi connectivity index (χ1) is 12.6. The van der Waals surface area contributed by atoms with Crippen LogP contribution in [0, 0.1) is 20.8 Å². The number of carbonyl (C=O) groups excluding carboxylic acids is 1. The van der Waals surface area contributed by atoms with Crippen molar-refractivity contribution >= 4 is 21.4 Å². The molecule has 0 saturated carbocycles. The number of sulfone groups is 1. The van der Waals surface area contributed by atoms with Gasteiger partial charge >= 0.3 is 0 Å². The molecule has 0 saturated heterocycles. The van der Waals surface area contributed by atoms with E-state index >= 15 is 0 Å². The van der Waals surface area contributed by atoms with E-state index in [2.05, 4.69) is 15.3 Å². The van der Waals surface area contributed by atoms with Crippen molar-refractivity contribution in [3.05, 3.63) is 65.0 Å². The Bertz CT molecular complexity index is 1090. The molecule has 3 rings (SSSR count). The number of hydrogen-bond acceptors (Lipinski definition) is 4. The van der Waals surface area contributed by atoms with Gasteiger partial charge in [0.25, 0.3) is 5.91 Å². The van der Waals surface area contributed by atoms with Gasteiger partial charge in [0.2, 0.25) is 0 Å². The molecule has 7 heteroatoms. The van der Waals surface area contributed by atoms with Crippen molar-refractivity contribution < 1.29 is 13.2 Å². The van der Waals surface area contributed by atoms with Gasteiger partial charge in [0, 0.05) is 28.8 Å². The number of nitrogens with zero attached hydrogens (tertiary/aromatic N) is 1. The molecule has 1 amide bonds. The van der Waals surface area contributed by atoms with Crippen LogP contribution in [-0.2, 0) is 9.84 Å². The number of carbonyl (C=O) groups is 1. The number of hydrogen-bond donors (Lipinski definition) is 2. The van der Waals surface area contributed by atoms with Gasteiger partial charge in [0.1, 0.15) is 5.82 Å². The van der Waals surface area contributed by atoms with Gasteiger partial charge in [-0.1, -0.05) is 6.07 Å². The van der Waals surface area contributed by atoms with Crippen LogP contribution in [0.5, 0.6) is 0 Å². The molecule has 0 aliphatic carbocycles. The minimum absolute atomic E-state index is 0.122. The van der Waals surface area contributed by atoms with Crippen LogP contribution in [0.25, 0.3) is 11.4 Å². The average molecular weight is 383 g/mol. The van der Waals surface area contributed by atoms with Crippen LogP contribution in [0.15, 0.2) is 47.4 Å². The Kier molecular flexibility index (Phi) is 4.89. The van der Waals surface area contributed by atoms with Gasteiger partial charge in [0.05, 0.1) is 10.6 Å². The molecule has 3 aromatic rings. The molecular weight excluding hydrogens is 362 g/mol. The third-order valence-electron chi connectivity index (χ3n) is 4.43. The number of benzene rings is 2. The van der Waals surface area contributed by atoms with E-state index in [1.165, 1.54) is 12.1 Å². The van der Waals surface area contributed by atoms with Crippen molar-refractivity contribution in [2.75, 3.05) is 11.6 Å². The Morgan fingerprint density at radius 3 is 2.26 bits per heavy atom. The van der Waals surface area contributed by atoms with E-state index in [9.17, 15) is 13.2 Å². The molecule has 2 aromatic carbocycles. The van der Waals surface area contributed by atoms with Crippen molar-refractivity contribution in [3.63, 3.8) is 0 Å². The Morgan fingerprint density at radius 2 is 1.70 bits per heavy atom. The lowest BCUT2D eigenvalue weighted by Crippen LogP contribution is -2.14. The van der Waals surface area contributed by atoms with E-state index in [0.717, 1.165) is 29.0 Å². The maximum absolute atomic E-state index is 12.6. The lowest BCUT2D eigenvalue weighted by Gasteiger charge is -2.10. The van der Waals surface area contributed by atoms with Crippen LogP contribution in [0.3, 0.4) is 0 Å². The zero-order valence-corrected chi connectivity index (χ0v) is 16.4. The Balaban J connectivity index is 1.82. The summed E-state index contributed by atoms with van der Waals surface area (Å²) in [6.07, 6.45) is 1.12. The monoisotopic (exact) mass is 383 g/mol. The van der Waals surface area contributed by atoms with Crippen LogP contribution in [0.1, 0.15) is 27.3 Å². The highest BCUT2D eigenvalue weighted by molar-refractivity contribution is 7.90. The van der Waals surface area contributed by atoms with Gasteiger partial charge in [0.15, 0.2) is 9.84 Å². The number of aromatic amines is 1. The molecule has 2 N–H and O–H groups in total. The van der Waals surface area contributed by atoms with E-state index in [1.807, 2.05) is 26.0 Å². The second kappa shape index (κ2) is 7.00. The smallest absolute Gasteiger partial charge is 0.255 e. The summed E-state index contributed by atoms with van der Waals surface area (Å²) >= 11 is 0. The molecule has 0 bridgehead atoms. The zero-order chi connectivity index (χ0) is 19.8. The second-order valence-electron chi connectivity index (χ2n) is 6.58. The summed E-state index contributed by atoms with van der Waals surface area (Å²) < 4.78 is 23.5. The molecule has 1 aromatic heterocycles. The molecule has 0 spiro atoms. The summed E-state index contributed by atoms with van der Waals surface area (Å²) in [6, 6.07) is 11.9. The Morgan fingerprint density at radius 1 is 1.04 bits per heavy atom. The predicted octanol–water partition coefficient (Wildman–Crippen LogP) is 3.66. The van der Waals surface area contributed by atoms with E-state index in [1.54, 1.807) is 25.1 Å². The number of amides is 1. The lowest BCUT2D eigenvalue weighted by atomic mass is 10.1. The SMILES string of the molecule is Cc1ccc(S(C)(=O)=O)cc1C(=O)Nc1ccc(-c2nc(C)c(C)[nH]2)cc1. The fraction of sp³-hybridized carbons (Fsp3) is 0.200. The quantitative estimate of drug-likeness (QED) is 0.719. The van der Waals surface area contributed by atoms with Crippen LogP contribution < -0.4 is 5.32 Å². The van der Waals surface area contributed by atoms with Crippen molar-refractivity contribution in [1.82, 2.24) is 9.97 Å².